The van der Waals surface area contributed by atoms with Gasteiger partial charge in [0.05, 0.1) is 0 Å². The fraction of sp³-hybridized carbons (Fsp3) is 0.105. The predicted octanol–water partition coefficient (Wildman–Crippen LogP) is 10.2. The molecule has 2 aliphatic rings. The van der Waals surface area contributed by atoms with Crippen molar-refractivity contribution < 1.29 is 0 Å². The third-order valence-electron chi connectivity index (χ3n) is 8.79. The Hall–Kier alpha value is -4.40. The first-order chi connectivity index (χ1) is 19.6. The van der Waals surface area contributed by atoms with Gasteiger partial charge in [0.2, 0.25) is 0 Å². The summed E-state index contributed by atoms with van der Waals surface area (Å²) in [6, 6.07) is 38.5. The van der Waals surface area contributed by atoms with E-state index in [0.717, 1.165) is 6.54 Å². The van der Waals surface area contributed by atoms with E-state index >= 15 is 0 Å². The maximum Gasteiger partial charge on any atom is 0.0437 e. The number of dihydropyridines is 1. The Balaban J connectivity index is 1.44. The number of thiophene rings is 1. The van der Waals surface area contributed by atoms with Crippen molar-refractivity contribution in [3.05, 3.63) is 138 Å². The Morgan fingerprint density at radius 2 is 1.20 bits per heavy atom. The van der Waals surface area contributed by atoms with E-state index in [2.05, 4.69) is 134 Å². The standard InChI is InChI=1S/C38H29NS/c1-38(2)33-20-5-3-12-30(33)35-32-19-9-18-29(36(32)40-37(35)31-13-4-6-21-34(31)38)28-17-8-15-26-25(14-7-16-27(26)28)24-11-10-22-39-23-24/h3-22,39H,23H2,1-2H3. The fourth-order valence-corrected chi connectivity index (χ4v) is 8.26. The number of hydrogen-bond acceptors (Lipinski definition) is 2. The first-order valence-corrected chi connectivity index (χ1v) is 14.8. The summed E-state index contributed by atoms with van der Waals surface area (Å²) in [4.78, 5) is 1.38. The summed E-state index contributed by atoms with van der Waals surface area (Å²) in [6.45, 7) is 5.59. The molecule has 1 aromatic heterocycles. The van der Waals surface area contributed by atoms with Crippen molar-refractivity contribution in [3.63, 3.8) is 0 Å². The molecule has 0 bridgehead atoms. The molecule has 1 N–H and O–H groups in total. The number of benzene rings is 5. The number of hydrogen-bond donors (Lipinski definition) is 1. The molecule has 40 heavy (non-hydrogen) atoms. The van der Waals surface area contributed by atoms with Gasteiger partial charge in [0.1, 0.15) is 0 Å². The SMILES string of the molecule is CC1(C)c2ccccc2-c2sc3c(-c4cccc5c(C6=CC=CNC6)cccc45)cccc3c2-c2ccccc21. The molecule has 5 aromatic carbocycles. The molecule has 0 radical (unpaired) electrons. The van der Waals surface area contributed by atoms with Gasteiger partial charge in [-0.15, -0.1) is 11.3 Å². The van der Waals surface area contributed by atoms with Crippen LogP contribution in [0.2, 0.25) is 0 Å². The zero-order chi connectivity index (χ0) is 26.8. The summed E-state index contributed by atoms with van der Waals surface area (Å²) in [5.41, 5.74) is 12.0. The van der Waals surface area contributed by atoms with Gasteiger partial charge < -0.3 is 5.32 Å². The molecule has 6 aromatic rings. The Morgan fingerprint density at radius 3 is 1.95 bits per heavy atom. The minimum Gasteiger partial charge on any atom is -0.387 e. The third kappa shape index (κ3) is 3.33. The minimum absolute atomic E-state index is 0.0836. The fourth-order valence-electron chi connectivity index (χ4n) is 6.88. The summed E-state index contributed by atoms with van der Waals surface area (Å²) in [5, 5.41) is 7.32. The molecule has 0 atom stereocenters. The summed E-state index contributed by atoms with van der Waals surface area (Å²) in [6.07, 6.45) is 6.34. The van der Waals surface area contributed by atoms with Crippen LogP contribution in [0.5, 0.6) is 0 Å². The van der Waals surface area contributed by atoms with E-state index in [9.17, 15) is 0 Å². The van der Waals surface area contributed by atoms with Crippen LogP contribution in [0.1, 0.15) is 30.5 Å². The molecular weight excluding hydrogens is 502 g/mol. The van der Waals surface area contributed by atoms with Crippen molar-refractivity contribution in [3.8, 4) is 32.7 Å². The van der Waals surface area contributed by atoms with Gasteiger partial charge in [0, 0.05) is 38.0 Å². The van der Waals surface area contributed by atoms with Gasteiger partial charge in [0.15, 0.2) is 0 Å². The highest BCUT2D eigenvalue weighted by molar-refractivity contribution is 7.23. The molecule has 0 unspecified atom stereocenters. The van der Waals surface area contributed by atoms with Gasteiger partial charge in [-0.2, -0.15) is 0 Å². The maximum atomic E-state index is 3.38. The Morgan fingerprint density at radius 1 is 0.600 bits per heavy atom. The number of nitrogens with one attached hydrogen (secondary N) is 1. The molecule has 0 spiro atoms. The Bertz CT molecular complexity index is 2030. The van der Waals surface area contributed by atoms with Crippen molar-refractivity contribution in [2.45, 2.75) is 19.3 Å². The van der Waals surface area contributed by atoms with E-state index in [1.54, 1.807) is 0 Å². The van der Waals surface area contributed by atoms with Crippen LogP contribution in [0.15, 0.2) is 121 Å². The molecule has 1 aliphatic carbocycles. The molecule has 0 fully saturated rings. The zero-order valence-corrected chi connectivity index (χ0v) is 23.5. The highest BCUT2D eigenvalue weighted by atomic mass is 32.1. The van der Waals surface area contributed by atoms with Gasteiger partial charge in [-0.3, -0.25) is 0 Å². The average Bonchev–Trinajstić information content (AvgIpc) is 3.37. The number of rotatable bonds is 2. The molecule has 1 aliphatic heterocycles. The molecule has 8 rings (SSSR count). The van der Waals surface area contributed by atoms with Crippen molar-refractivity contribution in [1.29, 1.82) is 0 Å². The van der Waals surface area contributed by atoms with E-state index in [1.807, 2.05) is 17.5 Å². The Labute approximate surface area is 239 Å². The lowest BCUT2D eigenvalue weighted by molar-refractivity contribution is 0.646. The van der Waals surface area contributed by atoms with Crippen LogP contribution in [0.25, 0.3) is 59.1 Å². The lowest BCUT2D eigenvalue weighted by Crippen LogP contribution is -2.19. The van der Waals surface area contributed by atoms with E-state index in [4.69, 9.17) is 0 Å². The monoisotopic (exact) mass is 531 g/mol. The second kappa shape index (κ2) is 8.81. The van der Waals surface area contributed by atoms with Crippen LogP contribution in [0.4, 0.5) is 0 Å². The molecule has 0 amide bonds. The smallest absolute Gasteiger partial charge is 0.0437 e. The molecular formula is C38H29NS. The normalized spacial score (nSPS) is 15.1. The predicted molar refractivity (Wildman–Crippen MR) is 173 cm³/mol. The third-order valence-corrected chi connectivity index (χ3v) is 10.1. The zero-order valence-electron chi connectivity index (χ0n) is 22.7. The van der Waals surface area contributed by atoms with E-state index in [1.165, 1.54) is 75.8 Å². The van der Waals surface area contributed by atoms with Crippen LogP contribution in [-0.2, 0) is 5.41 Å². The first kappa shape index (κ1) is 23.5. The topological polar surface area (TPSA) is 12.0 Å². The van der Waals surface area contributed by atoms with Crippen LogP contribution in [0, 0.1) is 0 Å². The lowest BCUT2D eigenvalue weighted by Gasteiger charge is -2.28. The lowest BCUT2D eigenvalue weighted by atomic mass is 9.75. The highest BCUT2D eigenvalue weighted by Crippen LogP contribution is 2.55. The van der Waals surface area contributed by atoms with Crippen molar-refractivity contribution in [2.75, 3.05) is 6.54 Å². The molecule has 2 heterocycles. The van der Waals surface area contributed by atoms with Gasteiger partial charge in [-0.25, -0.2) is 0 Å². The summed E-state index contributed by atoms with van der Waals surface area (Å²) in [5.74, 6) is 0. The Kier molecular flexibility index (Phi) is 5.17. The molecule has 2 heteroatoms. The van der Waals surface area contributed by atoms with Crippen molar-refractivity contribution >= 4 is 37.8 Å². The largest absolute Gasteiger partial charge is 0.387 e. The second-order valence-corrected chi connectivity index (χ2v) is 12.4. The number of fused-ring (bicyclic) bond motifs is 8. The van der Waals surface area contributed by atoms with Crippen LogP contribution in [0.3, 0.4) is 0 Å². The quantitative estimate of drug-likeness (QED) is 0.234. The van der Waals surface area contributed by atoms with Crippen LogP contribution < -0.4 is 5.32 Å². The van der Waals surface area contributed by atoms with E-state index in [-0.39, 0.29) is 5.41 Å². The van der Waals surface area contributed by atoms with E-state index in [0.29, 0.717) is 0 Å². The van der Waals surface area contributed by atoms with Crippen molar-refractivity contribution in [1.82, 2.24) is 5.32 Å². The van der Waals surface area contributed by atoms with Gasteiger partial charge in [-0.1, -0.05) is 123 Å². The van der Waals surface area contributed by atoms with Gasteiger partial charge >= 0.3 is 0 Å². The summed E-state index contributed by atoms with van der Waals surface area (Å²) >= 11 is 1.95. The number of allylic oxidation sites excluding steroid dienone is 2. The van der Waals surface area contributed by atoms with Crippen LogP contribution >= 0.6 is 11.3 Å². The van der Waals surface area contributed by atoms with Gasteiger partial charge in [0.25, 0.3) is 0 Å². The molecule has 0 saturated heterocycles. The summed E-state index contributed by atoms with van der Waals surface area (Å²) < 4.78 is 1.36. The maximum absolute atomic E-state index is 3.38. The minimum atomic E-state index is -0.0836. The van der Waals surface area contributed by atoms with Crippen LogP contribution in [-0.4, -0.2) is 6.54 Å². The molecule has 0 saturated carbocycles. The average molecular weight is 532 g/mol. The highest BCUT2D eigenvalue weighted by Gasteiger charge is 2.34. The molecule has 1 nitrogen and oxygen atoms in total. The van der Waals surface area contributed by atoms with E-state index < -0.39 is 0 Å². The first-order valence-electron chi connectivity index (χ1n) is 14.0. The summed E-state index contributed by atoms with van der Waals surface area (Å²) in [7, 11) is 0. The molecule has 192 valence electrons. The van der Waals surface area contributed by atoms with Gasteiger partial charge in [-0.05, 0) is 62.0 Å². The van der Waals surface area contributed by atoms with Crippen molar-refractivity contribution in [2.24, 2.45) is 0 Å². The second-order valence-electron chi connectivity index (χ2n) is 11.3.